The fourth-order valence-corrected chi connectivity index (χ4v) is 2.64. The SMILES string of the molecule is CN(C(=O)C1CCCCC1)c1ccccc1[N+](=O)[O-]. The zero-order valence-electron chi connectivity index (χ0n) is 11.0. The Bertz CT molecular complexity index is 481. The van der Waals surface area contributed by atoms with E-state index < -0.39 is 4.92 Å². The Morgan fingerprint density at radius 1 is 1.26 bits per heavy atom. The van der Waals surface area contributed by atoms with E-state index in [1.54, 1.807) is 25.2 Å². The average molecular weight is 262 g/mol. The summed E-state index contributed by atoms with van der Waals surface area (Å²) in [5.74, 6) is 0.00700. The van der Waals surface area contributed by atoms with Gasteiger partial charge in [-0.3, -0.25) is 14.9 Å². The maximum atomic E-state index is 12.4. The van der Waals surface area contributed by atoms with E-state index >= 15 is 0 Å². The maximum absolute atomic E-state index is 12.4. The number of rotatable bonds is 3. The first-order chi connectivity index (χ1) is 9.11. The van der Waals surface area contributed by atoms with Gasteiger partial charge < -0.3 is 4.90 Å². The highest BCUT2D eigenvalue weighted by Crippen LogP contribution is 2.31. The van der Waals surface area contributed by atoms with Crippen LogP contribution in [0.15, 0.2) is 24.3 Å². The molecule has 1 aromatic carbocycles. The molecule has 1 amide bonds. The van der Waals surface area contributed by atoms with Gasteiger partial charge in [0, 0.05) is 19.0 Å². The second-order valence-corrected chi connectivity index (χ2v) is 4.98. The van der Waals surface area contributed by atoms with Crippen LogP contribution < -0.4 is 4.90 Å². The number of carbonyl (C=O) groups excluding carboxylic acids is 1. The molecule has 0 spiro atoms. The monoisotopic (exact) mass is 262 g/mol. The van der Waals surface area contributed by atoms with Crippen LogP contribution in [-0.4, -0.2) is 17.9 Å². The summed E-state index contributed by atoms with van der Waals surface area (Å²) in [6.45, 7) is 0. The molecule has 19 heavy (non-hydrogen) atoms. The molecular weight excluding hydrogens is 244 g/mol. The lowest BCUT2D eigenvalue weighted by atomic mass is 9.88. The summed E-state index contributed by atoms with van der Waals surface area (Å²) < 4.78 is 0. The van der Waals surface area contributed by atoms with Gasteiger partial charge >= 0.3 is 0 Å². The largest absolute Gasteiger partial charge is 0.309 e. The molecule has 0 unspecified atom stereocenters. The minimum absolute atomic E-state index is 0.00556. The lowest BCUT2D eigenvalue weighted by Crippen LogP contribution is -2.34. The second-order valence-electron chi connectivity index (χ2n) is 4.98. The number of anilines is 1. The summed E-state index contributed by atoms with van der Waals surface area (Å²) >= 11 is 0. The number of hydrogen-bond donors (Lipinski definition) is 0. The minimum Gasteiger partial charge on any atom is -0.309 e. The van der Waals surface area contributed by atoms with E-state index in [9.17, 15) is 14.9 Å². The zero-order chi connectivity index (χ0) is 13.8. The number of amides is 1. The zero-order valence-corrected chi connectivity index (χ0v) is 11.0. The summed E-state index contributed by atoms with van der Waals surface area (Å²) in [5.41, 5.74) is 0.359. The van der Waals surface area contributed by atoms with Crippen LogP contribution in [-0.2, 0) is 4.79 Å². The second kappa shape index (κ2) is 5.82. The predicted octanol–water partition coefficient (Wildman–Crippen LogP) is 3.14. The van der Waals surface area contributed by atoms with E-state index in [0.717, 1.165) is 25.7 Å². The Balaban J connectivity index is 2.21. The number of benzene rings is 1. The Kier molecular flexibility index (Phi) is 4.14. The molecular formula is C14H18N2O3. The molecule has 0 radical (unpaired) electrons. The maximum Gasteiger partial charge on any atom is 0.292 e. The third-order valence-electron chi connectivity index (χ3n) is 3.72. The Morgan fingerprint density at radius 2 is 1.89 bits per heavy atom. The van der Waals surface area contributed by atoms with Crippen LogP contribution in [0.2, 0.25) is 0 Å². The van der Waals surface area contributed by atoms with Crippen molar-refractivity contribution in [2.75, 3.05) is 11.9 Å². The van der Waals surface area contributed by atoms with Crippen molar-refractivity contribution in [1.82, 2.24) is 0 Å². The van der Waals surface area contributed by atoms with Gasteiger partial charge in [0.2, 0.25) is 5.91 Å². The number of nitro groups is 1. The van der Waals surface area contributed by atoms with Gasteiger partial charge in [-0.05, 0) is 18.9 Å². The van der Waals surface area contributed by atoms with Gasteiger partial charge in [-0.15, -0.1) is 0 Å². The smallest absolute Gasteiger partial charge is 0.292 e. The molecule has 0 atom stereocenters. The van der Waals surface area contributed by atoms with Crippen LogP contribution in [0, 0.1) is 16.0 Å². The summed E-state index contributed by atoms with van der Waals surface area (Å²) in [6, 6.07) is 6.38. The standard InChI is InChI=1S/C14H18N2O3/c1-15(14(17)11-7-3-2-4-8-11)12-9-5-6-10-13(12)16(18)19/h5-6,9-11H,2-4,7-8H2,1H3. The third kappa shape index (κ3) is 2.92. The molecule has 1 aliphatic carbocycles. The Morgan fingerprint density at radius 3 is 2.53 bits per heavy atom. The van der Waals surface area contributed by atoms with E-state index in [1.165, 1.54) is 17.4 Å². The fourth-order valence-electron chi connectivity index (χ4n) is 2.64. The van der Waals surface area contributed by atoms with Gasteiger partial charge in [0.05, 0.1) is 4.92 Å². The molecule has 1 fully saturated rings. The van der Waals surface area contributed by atoms with Crippen LogP contribution in [0.1, 0.15) is 32.1 Å². The third-order valence-corrected chi connectivity index (χ3v) is 3.72. The van der Waals surface area contributed by atoms with Crippen molar-refractivity contribution in [3.63, 3.8) is 0 Å². The average Bonchev–Trinajstić information content (AvgIpc) is 2.46. The van der Waals surface area contributed by atoms with Crippen molar-refractivity contribution in [2.45, 2.75) is 32.1 Å². The normalized spacial score (nSPS) is 16.1. The number of carbonyl (C=O) groups is 1. The van der Waals surface area contributed by atoms with Crippen LogP contribution in [0.25, 0.3) is 0 Å². The first-order valence-corrected chi connectivity index (χ1v) is 6.62. The highest BCUT2D eigenvalue weighted by Gasteiger charge is 2.27. The predicted molar refractivity (Wildman–Crippen MR) is 73.1 cm³/mol. The number of para-hydroxylation sites is 2. The summed E-state index contributed by atoms with van der Waals surface area (Å²) in [4.78, 5) is 24.4. The summed E-state index contributed by atoms with van der Waals surface area (Å²) in [6.07, 6.45) is 5.11. The molecule has 0 heterocycles. The molecule has 1 aliphatic rings. The van der Waals surface area contributed by atoms with Gasteiger partial charge in [-0.1, -0.05) is 31.4 Å². The van der Waals surface area contributed by atoms with Gasteiger partial charge in [-0.2, -0.15) is 0 Å². The van der Waals surface area contributed by atoms with Gasteiger partial charge in [0.25, 0.3) is 5.69 Å². The quantitative estimate of drug-likeness (QED) is 0.621. The van der Waals surface area contributed by atoms with Gasteiger partial charge in [-0.25, -0.2) is 0 Å². The summed E-state index contributed by atoms with van der Waals surface area (Å²) in [7, 11) is 1.62. The molecule has 5 nitrogen and oxygen atoms in total. The first kappa shape index (κ1) is 13.5. The van der Waals surface area contributed by atoms with Crippen LogP contribution >= 0.6 is 0 Å². The van der Waals surface area contributed by atoms with Crippen LogP contribution in [0.3, 0.4) is 0 Å². The molecule has 1 saturated carbocycles. The molecule has 0 N–H and O–H groups in total. The molecule has 0 saturated heterocycles. The van der Waals surface area contributed by atoms with Crippen molar-refractivity contribution < 1.29 is 9.72 Å². The Hall–Kier alpha value is -1.91. The molecule has 2 rings (SSSR count). The van der Waals surface area contributed by atoms with Crippen molar-refractivity contribution in [3.05, 3.63) is 34.4 Å². The minimum atomic E-state index is -0.444. The van der Waals surface area contributed by atoms with E-state index in [1.807, 2.05) is 0 Å². The highest BCUT2D eigenvalue weighted by molar-refractivity contribution is 5.96. The molecule has 102 valence electrons. The van der Waals surface area contributed by atoms with E-state index in [0.29, 0.717) is 5.69 Å². The number of nitro benzene ring substituents is 1. The van der Waals surface area contributed by atoms with Crippen molar-refractivity contribution in [1.29, 1.82) is 0 Å². The molecule has 0 aromatic heterocycles. The van der Waals surface area contributed by atoms with E-state index in [-0.39, 0.29) is 17.5 Å². The van der Waals surface area contributed by atoms with E-state index in [2.05, 4.69) is 0 Å². The van der Waals surface area contributed by atoms with Crippen LogP contribution in [0.4, 0.5) is 11.4 Å². The fraction of sp³-hybridized carbons (Fsp3) is 0.500. The van der Waals surface area contributed by atoms with Crippen molar-refractivity contribution >= 4 is 17.3 Å². The molecule has 1 aromatic rings. The van der Waals surface area contributed by atoms with E-state index in [4.69, 9.17) is 0 Å². The highest BCUT2D eigenvalue weighted by atomic mass is 16.6. The Labute approximate surface area is 112 Å². The lowest BCUT2D eigenvalue weighted by molar-refractivity contribution is -0.384. The van der Waals surface area contributed by atoms with Crippen LogP contribution in [0.5, 0.6) is 0 Å². The summed E-state index contributed by atoms with van der Waals surface area (Å²) in [5, 5.41) is 11.0. The topological polar surface area (TPSA) is 63.5 Å². The van der Waals surface area contributed by atoms with Gasteiger partial charge in [0.1, 0.15) is 5.69 Å². The van der Waals surface area contributed by atoms with Crippen molar-refractivity contribution in [3.8, 4) is 0 Å². The number of nitrogens with zero attached hydrogens (tertiary/aromatic N) is 2. The molecule has 0 bridgehead atoms. The van der Waals surface area contributed by atoms with Gasteiger partial charge in [0.15, 0.2) is 0 Å². The molecule has 0 aliphatic heterocycles. The first-order valence-electron chi connectivity index (χ1n) is 6.62. The lowest BCUT2D eigenvalue weighted by Gasteiger charge is -2.26. The number of hydrogen-bond acceptors (Lipinski definition) is 3. The van der Waals surface area contributed by atoms with Crippen molar-refractivity contribution in [2.24, 2.45) is 5.92 Å². The molecule has 5 heteroatoms.